The Morgan fingerprint density at radius 2 is 1.60 bits per heavy atom. The molecule has 0 atom stereocenters. The Morgan fingerprint density at radius 1 is 0.943 bits per heavy atom. The van der Waals surface area contributed by atoms with E-state index in [0.29, 0.717) is 41.5 Å². The van der Waals surface area contributed by atoms with Crippen LogP contribution in [-0.2, 0) is 21.4 Å². The first kappa shape index (κ1) is 24.4. The number of fused-ring (bicyclic) bond motifs is 1. The third kappa shape index (κ3) is 5.84. The number of ether oxygens (including phenoxy) is 2. The normalized spacial score (nSPS) is 12.9. The fourth-order valence-corrected chi connectivity index (χ4v) is 4.90. The molecule has 35 heavy (non-hydrogen) atoms. The number of carbonyl (C=O) groups is 2. The van der Waals surface area contributed by atoms with Gasteiger partial charge in [-0.1, -0.05) is 24.3 Å². The Labute approximate surface area is 202 Å². The molecule has 182 valence electrons. The van der Waals surface area contributed by atoms with Crippen LogP contribution in [0.1, 0.15) is 22.8 Å². The van der Waals surface area contributed by atoms with E-state index in [9.17, 15) is 22.4 Å². The summed E-state index contributed by atoms with van der Waals surface area (Å²) in [5.41, 5.74) is 1.29. The number of sulfonamides is 1. The molecule has 0 radical (unpaired) electrons. The van der Waals surface area contributed by atoms with Crippen LogP contribution in [0, 0.1) is 5.82 Å². The van der Waals surface area contributed by atoms with Crippen molar-refractivity contribution in [3.05, 3.63) is 83.7 Å². The summed E-state index contributed by atoms with van der Waals surface area (Å²) >= 11 is 0. The maximum Gasteiger partial charge on any atom is 0.243 e. The second-order valence-corrected chi connectivity index (χ2v) is 9.82. The van der Waals surface area contributed by atoms with E-state index in [1.54, 1.807) is 18.2 Å². The van der Waals surface area contributed by atoms with E-state index < -0.39 is 28.3 Å². The zero-order valence-electron chi connectivity index (χ0n) is 18.9. The van der Waals surface area contributed by atoms with Gasteiger partial charge in [-0.25, -0.2) is 12.8 Å². The quantitative estimate of drug-likeness (QED) is 0.476. The van der Waals surface area contributed by atoms with Gasteiger partial charge in [0.05, 0.1) is 11.4 Å². The highest BCUT2D eigenvalue weighted by Crippen LogP contribution is 2.32. The lowest BCUT2D eigenvalue weighted by atomic mass is 10.2. The summed E-state index contributed by atoms with van der Waals surface area (Å²) in [6.45, 7) is 1.54. The number of Topliss-reactive ketones (excluding diaryl/α,β-unsaturated/α-hetero) is 1. The number of carbonyl (C=O) groups excluding carboxylic acids is 2. The van der Waals surface area contributed by atoms with Crippen LogP contribution in [-0.4, -0.2) is 44.2 Å². The lowest BCUT2D eigenvalue weighted by Crippen LogP contribution is -2.37. The van der Waals surface area contributed by atoms with Crippen LogP contribution in [0.4, 0.5) is 10.1 Å². The van der Waals surface area contributed by atoms with Crippen molar-refractivity contribution in [3.8, 4) is 11.5 Å². The average molecular weight is 499 g/mol. The fraction of sp³-hybridized carbons (Fsp3) is 0.200. The Morgan fingerprint density at radius 3 is 2.26 bits per heavy atom. The second kappa shape index (κ2) is 10.2. The molecule has 1 amide bonds. The van der Waals surface area contributed by atoms with Crippen molar-refractivity contribution in [2.45, 2.75) is 18.4 Å². The number of nitrogens with zero attached hydrogens (tertiary/aromatic N) is 1. The fourth-order valence-electron chi connectivity index (χ4n) is 3.51. The molecule has 0 aromatic heterocycles. The number of benzene rings is 3. The van der Waals surface area contributed by atoms with E-state index >= 15 is 0 Å². The molecule has 1 aliphatic rings. The number of ketones is 1. The van der Waals surface area contributed by atoms with Crippen LogP contribution < -0.4 is 14.8 Å². The number of hydrogen-bond acceptors (Lipinski definition) is 6. The maximum atomic E-state index is 13.4. The van der Waals surface area contributed by atoms with E-state index in [2.05, 4.69) is 5.32 Å². The van der Waals surface area contributed by atoms with Crippen molar-refractivity contribution < 1.29 is 31.9 Å². The number of rotatable bonds is 8. The largest absolute Gasteiger partial charge is 0.486 e. The Balaban J connectivity index is 1.57. The van der Waals surface area contributed by atoms with Gasteiger partial charge >= 0.3 is 0 Å². The molecule has 0 spiro atoms. The molecule has 4 rings (SSSR count). The van der Waals surface area contributed by atoms with E-state index in [1.165, 1.54) is 55.5 Å². The van der Waals surface area contributed by atoms with Gasteiger partial charge in [0.2, 0.25) is 15.9 Å². The molecule has 1 aliphatic heterocycles. The van der Waals surface area contributed by atoms with Crippen molar-refractivity contribution in [3.63, 3.8) is 0 Å². The molecule has 0 aliphatic carbocycles. The molecular formula is C25H23FN2O6S. The van der Waals surface area contributed by atoms with Gasteiger partial charge in [-0.15, -0.1) is 0 Å². The van der Waals surface area contributed by atoms with Gasteiger partial charge in [-0.05, 0) is 48.9 Å². The molecule has 0 saturated heterocycles. The highest BCUT2D eigenvalue weighted by Gasteiger charge is 2.27. The van der Waals surface area contributed by atoms with E-state index in [-0.39, 0.29) is 17.2 Å². The number of halogens is 1. The van der Waals surface area contributed by atoms with Crippen molar-refractivity contribution in [2.75, 3.05) is 25.1 Å². The molecule has 3 aromatic rings. The summed E-state index contributed by atoms with van der Waals surface area (Å²) in [4.78, 5) is 24.3. The van der Waals surface area contributed by atoms with Crippen LogP contribution >= 0.6 is 0 Å². The summed E-state index contributed by atoms with van der Waals surface area (Å²) < 4.78 is 52.2. The Hall–Kier alpha value is -3.76. The van der Waals surface area contributed by atoms with Crippen LogP contribution in [0.2, 0.25) is 0 Å². The summed E-state index contributed by atoms with van der Waals surface area (Å²) in [6.07, 6.45) is 0. The summed E-state index contributed by atoms with van der Waals surface area (Å²) in [6, 6.07) is 15.7. The van der Waals surface area contributed by atoms with Crippen molar-refractivity contribution in [2.24, 2.45) is 0 Å². The Bertz CT molecular complexity index is 1340. The van der Waals surface area contributed by atoms with Gasteiger partial charge in [0.15, 0.2) is 17.3 Å². The number of amides is 1. The number of hydrogen-bond donors (Lipinski definition) is 1. The van der Waals surface area contributed by atoms with Gasteiger partial charge in [-0.2, -0.15) is 4.31 Å². The SMILES string of the molecule is CC(=O)c1ccc(S(=O)(=O)N(CC(=O)Nc2ccc3c(c2)OCCO3)Cc2ccc(F)cc2)cc1. The average Bonchev–Trinajstić information content (AvgIpc) is 2.85. The lowest BCUT2D eigenvalue weighted by molar-refractivity contribution is -0.116. The summed E-state index contributed by atoms with van der Waals surface area (Å²) in [5.74, 6) is -0.192. The van der Waals surface area contributed by atoms with Crippen LogP contribution in [0.25, 0.3) is 0 Å². The van der Waals surface area contributed by atoms with Crippen molar-refractivity contribution in [1.29, 1.82) is 0 Å². The summed E-state index contributed by atoms with van der Waals surface area (Å²) in [5, 5.41) is 2.68. The molecule has 10 heteroatoms. The number of nitrogens with one attached hydrogen (secondary N) is 1. The monoisotopic (exact) mass is 498 g/mol. The third-order valence-electron chi connectivity index (χ3n) is 5.32. The zero-order chi connectivity index (χ0) is 25.0. The van der Waals surface area contributed by atoms with Crippen molar-refractivity contribution in [1.82, 2.24) is 4.31 Å². The predicted molar refractivity (Wildman–Crippen MR) is 127 cm³/mol. The zero-order valence-corrected chi connectivity index (χ0v) is 19.7. The van der Waals surface area contributed by atoms with Crippen LogP contribution in [0.3, 0.4) is 0 Å². The molecular weight excluding hydrogens is 475 g/mol. The molecule has 1 heterocycles. The molecule has 1 N–H and O–H groups in total. The van der Waals surface area contributed by atoms with Crippen molar-refractivity contribution >= 4 is 27.4 Å². The molecule has 3 aromatic carbocycles. The molecule has 0 unspecified atom stereocenters. The first-order valence-electron chi connectivity index (χ1n) is 10.8. The van der Waals surface area contributed by atoms with Gasteiger partial charge in [0.1, 0.15) is 19.0 Å². The lowest BCUT2D eigenvalue weighted by Gasteiger charge is -2.23. The Kier molecular flexibility index (Phi) is 7.13. The minimum Gasteiger partial charge on any atom is -0.486 e. The van der Waals surface area contributed by atoms with Gasteiger partial charge in [0, 0.05) is 23.9 Å². The molecule has 0 bridgehead atoms. The smallest absolute Gasteiger partial charge is 0.243 e. The standard InChI is InChI=1S/C25H23FN2O6S/c1-17(29)19-4-9-22(10-5-19)35(31,32)28(15-18-2-6-20(26)7-3-18)16-25(30)27-21-8-11-23-24(14-21)34-13-12-33-23/h2-11,14H,12-13,15-16H2,1H3,(H,27,30). The highest BCUT2D eigenvalue weighted by atomic mass is 32.2. The minimum atomic E-state index is -4.13. The van der Waals surface area contributed by atoms with E-state index in [1.807, 2.05) is 0 Å². The van der Waals surface area contributed by atoms with Gasteiger partial charge < -0.3 is 14.8 Å². The first-order valence-corrected chi connectivity index (χ1v) is 12.2. The topological polar surface area (TPSA) is 102 Å². The van der Waals surface area contributed by atoms with E-state index in [4.69, 9.17) is 9.47 Å². The second-order valence-electron chi connectivity index (χ2n) is 7.89. The maximum absolute atomic E-state index is 13.4. The van der Waals surface area contributed by atoms with Gasteiger partial charge in [0.25, 0.3) is 0 Å². The molecule has 8 nitrogen and oxygen atoms in total. The first-order chi connectivity index (χ1) is 16.7. The van der Waals surface area contributed by atoms with Crippen LogP contribution in [0.15, 0.2) is 71.6 Å². The predicted octanol–water partition coefficient (Wildman–Crippen LogP) is 3.63. The third-order valence-corrected chi connectivity index (χ3v) is 7.12. The number of anilines is 1. The molecule has 0 saturated carbocycles. The highest BCUT2D eigenvalue weighted by molar-refractivity contribution is 7.89. The van der Waals surface area contributed by atoms with E-state index in [0.717, 1.165) is 4.31 Å². The minimum absolute atomic E-state index is 0.0725. The molecule has 0 fully saturated rings. The van der Waals surface area contributed by atoms with Gasteiger partial charge in [-0.3, -0.25) is 9.59 Å². The summed E-state index contributed by atoms with van der Waals surface area (Å²) in [7, 11) is -4.13. The van der Waals surface area contributed by atoms with Crippen LogP contribution in [0.5, 0.6) is 11.5 Å².